The first kappa shape index (κ1) is 10.8. The molecule has 0 saturated carbocycles. The van der Waals surface area contributed by atoms with Crippen LogP contribution in [0, 0.1) is 0 Å². The number of nitrogens with zero attached hydrogens (tertiary/aromatic N) is 2. The molecule has 1 atom stereocenters. The Balaban J connectivity index is 2.05. The summed E-state index contributed by atoms with van der Waals surface area (Å²) < 4.78 is 5.24. The summed E-state index contributed by atoms with van der Waals surface area (Å²) in [4.78, 5) is 7.06. The average molecular weight is 230 g/mol. The molecule has 1 aromatic heterocycles. The van der Waals surface area contributed by atoms with Crippen molar-refractivity contribution in [2.45, 2.75) is 6.10 Å². The Labute approximate surface area is 91.9 Å². The second kappa shape index (κ2) is 4.89. The molecule has 0 spiro atoms. The number of ether oxygens (including phenoxy) is 1. The van der Waals surface area contributed by atoms with Crippen LogP contribution in [0.15, 0.2) is 6.20 Å². The molecule has 2 heterocycles. The second-order valence-corrected chi connectivity index (χ2v) is 4.38. The number of hydrogen-bond acceptors (Lipinski definition) is 6. The van der Waals surface area contributed by atoms with Crippen LogP contribution in [0.25, 0.3) is 0 Å². The largest absolute Gasteiger partial charge is 0.393 e. The topological polar surface area (TPSA) is 65.8 Å². The Morgan fingerprint density at radius 3 is 2.93 bits per heavy atom. The molecule has 0 amide bonds. The van der Waals surface area contributed by atoms with Gasteiger partial charge in [-0.3, -0.25) is 0 Å². The number of rotatable bonds is 3. The van der Waals surface area contributed by atoms with Crippen molar-refractivity contribution < 1.29 is 14.9 Å². The van der Waals surface area contributed by atoms with Crippen LogP contribution in [-0.4, -0.2) is 48.1 Å². The van der Waals surface area contributed by atoms with Gasteiger partial charge in [-0.2, -0.15) is 0 Å². The number of aliphatic hydroxyl groups excluding tert-OH is 2. The van der Waals surface area contributed by atoms with Gasteiger partial charge in [0.2, 0.25) is 0 Å². The van der Waals surface area contributed by atoms with Gasteiger partial charge in [0, 0.05) is 19.3 Å². The Morgan fingerprint density at radius 2 is 2.27 bits per heavy atom. The molecule has 1 fully saturated rings. The van der Waals surface area contributed by atoms with E-state index in [9.17, 15) is 5.11 Å². The molecule has 0 radical (unpaired) electrons. The minimum absolute atomic E-state index is 0.259. The van der Waals surface area contributed by atoms with Gasteiger partial charge in [-0.1, -0.05) is 11.3 Å². The monoisotopic (exact) mass is 230 g/mol. The molecule has 6 heteroatoms. The minimum atomic E-state index is -0.808. The summed E-state index contributed by atoms with van der Waals surface area (Å²) in [6, 6.07) is 0. The van der Waals surface area contributed by atoms with Crippen LogP contribution >= 0.6 is 11.3 Å². The Morgan fingerprint density at radius 1 is 1.53 bits per heavy atom. The molecule has 1 aromatic rings. The van der Waals surface area contributed by atoms with Gasteiger partial charge in [0.15, 0.2) is 5.13 Å². The predicted octanol–water partition coefficient (Wildman–Crippen LogP) is 0.00540. The van der Waals surface area contributed by atoms with E-state index in [1.54, 1.807) is 6.20 Å². The van der Waals surface area contributed by atoms with Crippen molar-refractivity contribution in [1.29, 1.82) is 0 Å². The summed E-state index contributed by atoms with van der Waals surface area (Å²) in [5.74, 6) is 0. The van der Waals surface area contributed by atoms with E-state index in [2.05, 4.69) is 9.88 Å². The number of aromatic nitrogens is 1. The predicted molar refractivity (Wildman–Crippen MR) is 57.2 cm³/mol. The molecular formula is C9H14N2O3S. The molecular weight excluding hydrogens is 216 g/mol. The fraction of sp³-hybridized carbons (Fsp3) is 0.667. The number of morpholine rings is 1. The highest BCUT2D eigenvalue weighted by molar-refractivity contribution is 7.15. The smallest absolute Gasteiger partial charge is 0.185 e. The van der Waals surface area contributed by atoms with Crippen LogP contribution in [0.4, 0.5) is 5.13 Å². The quantitative estimate of drug-likeness (QED) is 0.765. The number of aliphatic hydroxyl groups is 2. The summed E-state index contributed by atoms with van der Waals surface area (Å²) in [5.41, 5.74) is 0. The first-order valence-corrected chi connectivity index (χ1v) is 5.70. The third-order valence-corrected chi connectivity index (χ3v) is 3.45. The van der Waals surface area contributed by atoms with Gasteiger partial charge in [-0.05, 0) is 0 Å². The van der Waals surface area contributed by atoms with Gasteiger partial charge in [-0.15, -0.1) is 0 Å². The zero-order valence-corrected chi connectivity index (χ0v) is 9.11. The molecule has 2 rings (SSSR count). The van der Waals surface area contributed by atoms with Crippen LogP contribution in [0.5, 0.6) is 0 Å². The molecule has 1 aliphatic heterocycles. The summed E-state index contributed by atoms with van der Waals surface area (Å²) in [6.45, 7) is 2.85. The van der Waals surface area contributed by atoms with E-state index in [1.165, 1.54) is 11.3 Å². The number of anilines is 1. The minimum Gasteiger partial charge on any atom is -0.393 e. The molecule has 84 valence electrons. The van der Waals surface area contributed by atoms with E-state index in [1.807, 2.05) is 0 Å². The summed E-state index contributed by atoms with van der Waals surface area (Å²) in [5, 5.41) is 19.1. The highest BCUT2D eigenvalue weighted by Gasteiger charge is 2.17. The molecule has 0 aromatic carbocycles. The van der Waals surface area contributed by atoms with E-state index >= 15 is 0 Å². The normalized spacial score (nSPS) is 19.2. The van der Waals surface area contributed by atoms with Crippen molar-refractivity contribution in [2.24, 2.45) is 0 Å². The lowest BCUT2D eigenvalue weighted by molar-refractivity contribution is 0.0982. The highest BCUT2D eigenvalue weighted by atomic mass is 32.1. The molecule has 1 saturated heterocycles. The molecule has 0 aliphatic carbocycles. The van der Waals surface area contributed by atoms with Gasteiger partial charge < -0.3 is 19.8 Å². The molecule has 5 nitrogen and oxygen atoms in total. The van der Waals surface area contributed by atoms with Crippen LogP contribution in [0.3, 0.4) is 0 Å². The van der Waals surface area contributed by atoms with Crippen LogP contribution in [0.1, 0.15) is 11.0 Å². The summed E-state index contributed by atoms with van der Waals surface area (Å²) in [6.07, 6.45) is 0.813. The van der Waals surface area contributed by atoms with Crippen molar-refractivity contribution in [1.82, 2.24) is 4.98 Å². The van der Waals surface area contributed by atoms with Crippen molar-refractivity contribution in [2.75, 3.05) is 37.8 Å². The lowest BCUT2D eigenvalue weighted by atomic mass is 10.3. The Bertz CT molecular complexity index is 312. The van der Waals surface area contributed by atoms with Crippen LogP contribution in [-0.2, 0) is 4.74 Å². The lowest BCUT2D eigenvalue weighted by Gasteiger charge is -2.26. The van der Waals surface area contributed by atoms with Gasteiger partial charge in [-0.25, -0.2) is 4.98 Å². The fourth-order valence-corrected chi connectivity index (χ4v) is 2.37. The molecule has 1 unspecified atom stereocenters. The zero-order valence-electron chi connectivity index (χ0n) is 8.30. The van der Waals surface area contributed by atoms with Gasteiger partial charge in [0.25, 0.3) is 0 Å². The van der Waals surface area contributed by atoms with E-state index in [4.69, 9.17) is 9.84 Å². The van der Waals surface area contributed by atoms with Gasteiger partial charge >= 0.3 is 0 Å². The Kier molecular flexibility index (Phi) is 3.53. The summed E-state index contributed by atoms with van der Waals surface area (Å²) in [7, 11) is 0. The van der Waals surface area contributed by atoms with Crippen LogP contribution < -0.4 is 4.90 Å². The zero-order chi connectivity index (χ0) is 10.7. The maximum Gasteiger partial charge on any atom is 0.185 e. The third kappa shape index (κ3) is 2.46. The standard InChI is InChI=1S/C9H14N2O3S/c12-6-7(13)8-5-10-9(15-8)11-1-3-14-4-2-11/h5,7,12-13H,1-4,6H2. The second-order valence-electron chi connectivity index (χ2n) is 3.34. The van der Waals surface area contributed by atoms with Crippen molar-refractivity contribution >= 4 is 16.5 Å². The summed E-state index contributed by atoms with van der Waals surface area (Å²) >= 11 is 1.42. The lowest BCUT2D eigenvalue weighted by Crippen LogP contribution is -2.36. The third-order valence-electron chi connectivity index (χ3n) is 2.29. The molecule has 1 aliphatic rings. The van der Waals surface area contributed by atoms with Gasteiger partial charge in [0.1, 0.15) is 6.10 Å². The maximum atomic E-state index is 9.42. The highest BCUT2D eigenvalue weighted by Crippen LogP contribution is 2.27. The van der Waals surface area contributed by atoms with E-state index in [0.717, 1.165) is 31.4 Å². The number of thiazole rings is 1. The average Bonchev–Trinajstić information content (AvgIpc) is 2.78. The Hall–Kier alpha value is -0.690. The van der Waals surface area contributed by atoms with Crippen molar-refractivity contribution in [3.05, 3.63) is 11.1 Å². The van der Waals surface area contributed by atoms with Gasteiger partial charge in [0.05, 0.1) is 24.7 Å². The van der Waals surface area contributed by atoms with E-state index in [-0.39, 0.29) is 6.61 Å². The fourth-order valence-electron chi connectivity index (χ4n) is 1.42. The molecule has 15 heavy (non-hydrogen) atoms. The maximum absolute atomic E-state index is 9.42. The first-order valence-electron chi connectivity index (χ1n) is 4.88. The van der Waals surface area contributed by atoms with Crippen molar-refractivity contribution in [3.8, 4) is 0 Å². The van der Waals surface area contributed by atoms with Crippen LogP contribution in [0.2, 0.25) is 0 Å². The van der Waals surface area contributed by atoms with E-state index in [0.29, 0.717) is 4.88 Å². The number of hydrogen-bond donors (Lipinski definition) is 2. The molecule has 0 bridgehead atoms. The molecule has 2 N–H and O–H groups in total. The van der Waals surface area contributed by atoms with E-state index < -0.39 is 6.10 Å². The van der Waals surface area contributed by atoms with Crippen molar-refractivity contribution in [3.63, 3.8) is 0 Å². The first-order chi connectivity index (χ1) is 7.31. The SMILES string of the molecule is OCC(O)c1cnc(N2CCOCC2)s1.